The van der Waals surface area contributed by atoms with Crippen molar-refractivity contribution in [3.8, 4) is 0 Å². The van der Waals surface area contributed by atoms with Crippen LogP contribution >= 0.6 is 11.6 Å². The fourth-order valence-electron chi connectivity index (χ4n) is 2.21. The zero-order chi connectivity index (χ0) is 12.3. The van der Waals surface area contributed by atoms with Crippen LogP contribution < -0.4 is 5.73 Å². The largest absolute Gasteiger partial charge is 0.324 e. The zero-order valence-electron chi connectivity index (χ0n) is 10.7. The Labute approximate surface area is 104 Å². The molecule has 0 amide bonds. The molecule has 2 N–H and O–H groups in total. The summed E-state index contributed by atoms with van der Waals surface area (Å²) in [5.41, 5.74) is 9.90. The molecule has 1 unspecified atom stereocenters. The molecule has 1 atom stereocenters. The summed E-state index contributed by atoms with van der Waals surface area (Å²) < 4.78 is 0. The molecule has 0 heterocycles. The molecule has 0 fully saturated rings. The Morgan fingerprint density at radius 2 is 1.69 bits per heavy atom. The minimum Gasteiger partial charge on any atom is -0.324 e. The molecule has 0 spiro atoms. The molecule has 1 rings (SSSR count). The average Bonchev–Trinajstić information content (AvgIpc) is 2.25. The second-order valence-electron chi connectivity index (χ2n) is 4.56. The van der Waals surface area contributed by atoms with E-state index in [4.69, 9.17) is 17.3 Å². The van der Waals surface area contributed by atoms with Gasteiger partial charge < -0.3 is 5.73 Å². The molecule has 0 saturated heterocycles. The Bertz CT molecular complexity index is 356. The van der Waals surface area contributed by atoms with Gasteiger partial charge in [-0.05, 0) is 42.5 Å². The first kappa shape index (κ1) is 13.5. The molecule has 0 bridgehead atoms. The smallest absolute Gasteiger partial charge is 0.0438 e. The van der Waals surface area contributed by atoms with E-state index in [1.165, 1.54) is 11.1 Å². The van der Waals surface area contributed by atoms with Crippen LogP contribution in [0.25, 0.3) is 0 Å². The second kappa shape index (κ2) is 5.70. The normalized spacial score (nSPS) is 13.2. The Kier molecular flexibility index (Phi) is 4.82. The van der Waals surface area contributed by atoms with Crippen LogP contribution in [0.3, 0.4) is 0 Å². The lowest BCUT2D eigenvalue weighted by atomic mass is 9.87. The highest BCUT2D eigenvalue weighted by molar-refractivity contribution is 6.31. The van der Waals surface area contributed by atoms with E-state index in [0.717, 1.165) is 23.4 Å². The Morgan fingerprint density at radius 3 is 2.19 bits per heavy atom. The van der Waals surface area contributed by atoms with Gasteiger partial charge in [-0.15, -0.1) is 0 Å². The van der Waals surface area contributed by atoms with E-state index in [1.807, 2.05) is 13.0 Å². The first-order chi connectivity index (χ1) is 7.51. The quantitative estimate of drug-likeness (QED) is 0.829. The van der Waals surface area contributed by atoms with Crippen LogP contribution in [-0.2, 0) is 0 Å². The van der Waals surface area contributed by atoms with E-state index in [0.29, 0.717) is 5.92 Å². The lowest BCUT2D eigenvalue weighted by molar-refractivity contribution is 0.404. The van der Waals surface area contributed by atoms with Gasteiger partial charge in [-0.1, -0.05) is 44.4 Å². The van der Waals surface area contributed by atoms with Gasteiger partial charge in [0.05, 0.1) is 0 Å². The van der Waals surface area contributed by atoms with Gasteiger partial charge in [0.1, 0.15) is 0 Å². The summed E-state index contributed by atoms with van der Waals surface area (Å²) in [7, 11) is 0. The molecule has 0 aliphatic heterocycles. The van der Waals surface area contributed by atoms with E-state index in [-0.39, 0.29) is 6.04 Å². The van der Waals surface area contributed by atoms with Crippen LogP contribution in [-0.4, -0.2) is 0 Å². The molecule has 0 aromatic heterocycles. The van der Waals surface area contributed by atoms with Crippen molar-refractivity contribution in [3.05, 3.63) is 33.8 Å². The lowest BCUT2D eigenvalue weighted by Gasteiger charge is -2.24. The monoisotopic (exact) mass is 239 g/mol. The molecule has 0 radical (unpaired) electrons. The maximum atomic E-state index is 6.34. The highest BCUT2D eigenvalue weighted by Gasteiger charge is 2.18. The minimum absolute atomic E-state index is 0.131. The Hall–Kier alpha value is -0.530. The summed E-state index contributed by atoms with van der Waals surface area (Å²) >= 11 is 6.10. The highest BCUT2D eigenvalue weighted by Crippen LogP contribution is 2.30. The molecule has 16 heavy (non-hydrogen) atoms. The number of aryl methyl sites for hydroxylation is 2. The van der Waals surface area contributed by atoms with Gasteiger partial charge in [-0.25, -0.2) is 0 Å². The SMILES string of the molecule is CCC(CC)C(N)c1cc(C)c(Cl)cc1C. The summed E-state index contributed by atoms with van der Waals surface area (Å²) in [5, 5.41) is 0.831. The maximum Gasteiger partial charge on any atom is 0.0438 e. The van der Waals surface area contributed by atoms with Gasteiger partial charge in [-0.3, -0.25) is 0 Å². The van der Waals surface area contributed by atoms with E-state index in [2.05, 4.69) is 26.8 Å². The molecule has 0 saturated carbocycles. The van der Waals surface area contributed by atoms with E-state index in [9.17, 15) is 0 Å². The summed E-state index contributed by atoms with van der Waals surface area (Å²) in [6.07, 6.45) is 2.25. The number of hydrogen-bond donors (Lipinski definition) is 1. The maximum absolute atomic E-state index is 6.34. The number of benzene rings is 1. The number of halogens is 1. The third-order valence-electron chi connectivity index (χ3n) is 3.46. The molecule has 0 aliphatic rings. The average molecular weight is 240 g/mol. The third kappa shape index (κ3) is 2.78. The van der Waals surface area contributed by atoms with Crippen LogP contribution in [0.1, 0.15) is 49.4 Å². The van der Waals surface area contributed by atoms with Gasteiger partial charge in [-0.2, -0.15) is 0 Å². The summed E-state index contributed by atoms with van der Waals surface area (Å²) in [4.78, 5) is 0. The van der Waals surface area contributed by atoms with Crippen molar-refractivity contribution < 1.29 is 0 Å². The van der Waals surface area contributed by atoms with Gasteiger partial charge in [0.2, 0.25) is 0 Å². The van der Waals surface area contributed by atoms with Crippen molar-refractivity contribution in [2.75, 3.05) is 0 Å². The number of rotatable bonds is 4. The molecule has 1 aromatic rings. The predicted octanol–water partition coefficient (Wildman–Crippen LogP) is 4.39. The first-order valence-electron chi connectivity index (χ1n) is 6.03. The van der Waals surface area contributed by atoms with Gasteiger partial charge in [0, 0.05) is 11.1 Å². The fraction of sp³-hybridized carbons (Fsp3) is 0.571. The molecular weight excluding hydrogens is 218 g/mol. The summed E-state index contributed by atoms with van der Waals surface area (Å²) in [6.45, 7) is 8.52. The van der Waals surface area contributed by atoms with Gasteiger partial charge in [0.15, 0.2) is 0 Å². The van der Waals surface area contributed by atoms with Crippen LogP contribution in [0.2, 0.25) is 5.02 Å². The van der Waals surface area contributed by atoms with Gasteiger partial charge >= 0.3 is 0 Å². The van der Waals surface area contributed by atoms with Crippen LogP contribution in [0.4, 0.5) is 0 Å². The zero-order valence-corrected chi connectivity index (χ0v) is 11.4. The van der Waals surface area contributed by atoms with E-state index >= 15 is 0 Å². The van der Waals surface area contributed by atoms with Crippen molar-refractivity contribution in [2.45, 2.75) is 46.6 Å². The summed E-state index contributed by atoms with van der Waals surface area (Å²) in [5.74, 6) is 0.555. The van der Waals surface area contributed by atoms with Crippen LogP contribution in [0.5, 0.6) is 0 Å². The third-order valence-corrected chi connectivity index (χ3v) is 3.87. The first-order valence-corrected chi connectivity index (χ1v) is 6.41. The number of nitrogens with two attached hydrogens (primary N) is 1. The molecule has 90 valence electrons. The molecule has 2 heteroatoms. The highest BCUT2D eigenvalue weighted by atomic mass is 35.5. The fourth-order valence-corrected chi connectivity index (χ4v) is 2.43. The Balaban J connectivity index is 3.07. The molecule has 1 nitrogen and oxygen atoms in total. The second-order valence-corrected chi connectivity index (χ2v) is 4.97. The lowest BCUT2D eigenvalue weighted by Crippen LogP contribution is -2.21. The van der Waals surface area contributed by atoms with Gasteiger partial charge in [0.25, 0.3) is 0 Å². The topological polar surface area (TPSA) is 26.0 Å². The van der Waals surface area contributed by atoms with Crippen molar-refractivity contribution in [3.63, 3.8) is 0 Å². The Morgan fingerprint density at radius 1 is 1.12 bits per heavy atom. The standard InChI is InChI=1S/C14H22ClN/c1-5-11(6-2)14(16)12-7-10(4)13(15)8-9(12)3/h7-8,11,14H,5-6,16H2,1-4H3. The molecular formula is C14H22ClN. The van der Waals surface area contributed by atoms with Crippen LogP contribution in [0, 0.1) is 19.8 Å². The predicted molar refractivity (Wildman–Crippen MR) is 71.9 cm³/mol. The van der Waals surface area contributed by atoms with E-state index in [1.54, 1.807) is 0 Å². The van der Waals surface area contributed by atoms with Crippen molar-refractivity contribution in [1.29, 1.82) is 0 Å². The van der Waals surface area contributed by atoms with E-state index < -0.39 is 0 Å². The van der Waals surface area contributed by atoms with Crippen molar-refractivity contribution >= 4 is 11.6 Å². The number of hydrogen-bond acceptors (Lipinski definition) is 1. The minimum atomic E-state index is 0.131. The van der Waals surface area contributed by atoms with Crippen molar-refractivity contribution in [1.82, 2.24) is 0 Å². The summed E-state index contributed by atoms with van der Waals surface area (Å²) in [6, 6.07) is 4.29. The van der Waals surface area contributed by atoms with Crippen molar-refractivity contribution in [2.24, 2.45) is 11.7 Å². The molecule has 0 aliphatic carbocycles. The van der Waals surface area contributed by atoms with Crippen LogP contribution in [0.15, 0.2) is 12.1 Å². The molecule has 1 aromatic carbocycles.